The Balaban J connectivity index is 0.729. The van der Waals surface area contributed by atoms with E-state index in [0.29, 0.717) is 11.7 Å². The Kier molecular flexibility index (Phi) is 16.9. The van der Waals surface area contributed by atoms with Gasteiger partial charge in [-0.25, -0.2) is 0 Å². The van der Waals surface area contributed by atoms with Crippen LogP contribution in [0, 0.1) is 76.9 Å². The van der Waals surface area contributed by atoms with Crippen molar-refractivity contribution in [2.45, 2.75) is 213 Å². The van der Waals surface area contributed by atoms with E-state index in [1.54, 1.807) is 64.2 Å². The fraction of sp³-hybridized carbons (Fsp3) is 0.980. The highest BCUT2D eigenvalue weighted by Gasteiger charge is 2.49. The summed E-state index contributed by atoms with van der Waals surface area (Å²) in [5.41, 5.74) is 0. The lowest BCUT2D eigenvalue weighted by Gasteiger charge is -2.17. The number of rotatable bonds is 34. The summed E-state index contributed by atoms with van der Waals surface area (Å²) in [6.45, 7) is 5.83. The molecule has 0 amide bonds. The Morgan fingerprint density at radius 2 is 0.808 bits per heavy atom. The predicted octanol–water partition coefficient (Wildman–Crippen LogP) is 14.3. The van der Waals surface area contributed by atoms with E-state index >= 15 is 0 Å². The highest BCUT2D eigenvalue weighted by atomic mass is 16.1. The standard InChI is InChI=1S/C50H89NO/c1-5-38-27-42(38)31-46-35-48(46)33-44-29-40(44)22-17-13-9-7-11-15-20-37(26-50(52)24-19-25-51(3)4)21-16-12-8-10-14-18-23-41-30-45(41)34-49-36-47(49)32-43-28-39(43)6-2/h37-49H,5-36H2,1-4H3. The summed E-state index contributed by atoms with van der Waals surface area (Å²) < 4.78 is 0. The first kappa shape index (κ1) is 41.3. The molecule has 6 fully saturated rings. The first-order valence-corrected chi connectivity index (χ1v) is 24.6. The zero-order chi connectivity index (χ0) is 36.3. The summed E-state index contributed by atoms with van der Waals surface area (Å²) in [6, 6.07) is 0. The van der Waals surface area contributed by atoms with Crippen molar-refractivity contribution in [3.8, 4) is 0 Å². The fourth-order valence-electron chi connectivity index (χ4n) is 11.9. The minimum absolute atomic E-state index is 0.541. The maximum atomic E-state index is 12.9. The Labute approximate surface area is 325 Å². The van der Waals surface area contributed by atoms with Crippen molar-refractivity contribution in [1.82, 2.24) is 4.90 Å². The summed E-state index contributed by atoms with van der Waals surface area (Å²) in [5, 5.41) is 0. The van der Waals surface area contributed by atoms with E-state index in [4.69, 9.17) is 0 Å². The Morgan fingerprint density at radius 3 is 1.21 bits per heavy atom. The number of unbranched alkanes of at least 4 members (excludes halogenated alkanes) is 10. The molecule has 6 rings (SSSR count). The van der Waals surface area contributed by atoms with Gasteiger partial charge >= 0.3 is 0 Å². The van der Waals surface area contributed by atoms with E-state index in [0.717, 1.165) is 96.8 Å². The first-order valence-electron chi connectivity index (χ1n) is 24.6. The minimum Gasteiger partial charge on any atom is -0.309 e. The third kappa shape index (κ3) is 15.3. The third-order valence-electron chi connectivity index (χ3n) is 16.3. The molecule has 0 radical (unpaired) electrons. The van der Waals surface area contributed by atoms with E-state index in [-0.39, 0.29) is 0 Å². The van der Waals surface area contributed by atoms with Gasteiger partial charge in [0.05, 0.1) is 0 Å². The van der Waals surface area contributed by atoms with Gasteiger partial charge in [0.2, 0.25) is 0 Å². The molecule has 0 aromatic carbocycles. The molecule has 2 nitrogen and oxygen atoms in total. The van der Waals surface area contributed by atoms with Crippen molar-refractivity contribution in [2.75, 3.05) is 20.6 Å². The molecule has 6 aliphatic carbocycles. The summed E-state index contributed by atoms with van der Waals surface area (Å²) in [4.78, 5) is 15.1. The van der Waals surface area contributed by atoms with Crippen LogP contribution in [0.1, 0.15) is 213 Å². The van der Waals surface area contributed by atoms with Crippen LogP contribution in [0.3, 0.4) is 0 Å². The molecule has 0 spiro atoms. The van der Waals surface area contributed by atoms with Gasteiger partial charge in [0.15, 0.2) is 0 Å². The molecular weight excluding hydrogens is 631 g/mol. The Hall–Kier alpha value is -0.370. The number of hydrogen-bond acceptors (Lipinski definition) is 2. The molecule has 0 heterocycles. The average Bonchev–Trinajstić information content (AvgIpc) is 3.89. The van der Waals surface area contributed by atoms with Crippen LogP contribution in [0.2, 0.25) is 0 Å². The van der Waals surface area contributed by atoms with E-state index in [1.165, 1.54) is 116 Å². The summed E-state index contributed by atoms with van der Waals surface area (Å²) in [5.74, 6) is 14.7. The van der Waals surface area contributed by atoms with E-state index in [9.17, 15) is 4.79 Å². The van der Waals surface area contributed by atoms with Gasteiger partial charge in [0.25, 0.3) is 0 Å². The number of nitrogens with zero attached hydrogens (tertiary/aromatic N) is 1. The molecule has 0 aliphatic heterocycles. The number of hydrogen-bond donors (Lipinski definition) is 0. The van der Waals surface area contributed by atoms with E-state index < -0.39 is 0 Å². The summed E-state index contributed by atoms with van der Waals surface area (Å²) in [6.07, 6.45) is 44.2. The molecule has 12 atom stereocenters. The lowest BCUT2D eigenvalue weighted by atomic mass is 9.89. The molecule has 0 saturated heterocycles. The number of ketones is 1. The summed E-state index contributed by atoms with van der Waals surface area (Å²) >= 11 is 0. The van der Waals surface area contributed by atoms with Crippen LogP contribution in [-0.2, 0) is 4.79 Å². The van der Waals surface area contributed by atoms with Crippen molar-refractivity contribution >= 4 is 5.78 Å². The van der Waals surface area contributed by atoms with Gasteiger partial charge in [-0.15, -0.1) is 0 Å². The topological polar surface area (TPSA) is 20.3 Å². The minimum atomic E-state index is 0.541. The Bertz CT molecular complexity index is 954. The molecule has 12 unspecified atom stereocenters. The molecule has 0 aromatic heterocycles. The summed E-state index contributed by atoms with van der Waals surface area (Å²) in [7, 11) is 4.25. The van der Waals surface area contributed by atoms with Gasteiger partial charge in [-0.2, -0.15) is 0 Å². The van der Waals surface area contributed by atoms with E-state index in [1.807, 2.05) is 0 Å². The van der Waals surface area contributed by atoms with Crippen LogP contribution in [0.25, 0.3) is 0 Å². The molecular formula is C50H89NO. The van der Waals surface area contributed by atoms with Gasteiger partial charge in [0, 0.05) is 12.8 Å². The SMILES string of the molecule is CCC1CC1CC1CC1CC1CC1CCCCCCCCC(CCCCCCCCC1CC1CC1CC1CC1CC1CC)CC(=O)CCCN(C)C. The second-order valence-electron chi connectivity index (χ2n) is 21.2. The zero-order valence-electron chi connectivity index (χ0n) is 35.5. The van der Waals surface area contributed by atoms with Crippen molar-refractivity contribution < 1.29 is 4.79 Å². The van der Waals surface area contributed by atoms with Gasteiger partial charge in [-0.05, 0) is 168 Å². The number of carbonyl (C=O) groups is 1. The van der Waals surface area contributed by atoms with Crippen molar-refractivity contribution in [3.63, 3.8) is 0 Å². The van der Waals surface area contributed by atoms with Crippen molar-refractivity contribution in [2.24, 2.45) is 76.9 Å². The molecule has 0 N–H and O–H groups in total. The normalized spacial score (nSPS) is 35.9. The van der Waals surface area contributed by atoms with Crippen LogP contribution in [-0.4, -0.2) is 31.3 Å². The highest BCUT2D eigenvalue weighted by Crippen LogP contribution is 2.59. The first-order chi connectivity index (χ1) is 25.4. The quantitative estimate of drug-likeness (QED) is 0.0617. The largest absolute Gasteiger partial charge is 0.309 e. The molecule has 6 saturated carbocycles. The second kappa shape index (κ2) is 21.2. The third-order valence-corrected chi connectivity index (χ3v) is 16.3. The fourth-order valence-corrected chi connectivity index (χ4v) is 11.9. The molecule has 0 bridgehead atoms. The number of carbonyl (C=O) groups excluding carboxylic acids is 1. The number of Topliss-reactive ketones (excluding diaryl/α,β-unsaturated/α-hetero) is 1. The molecule has 2 heteroatoms. The van der Waals surface area contributed by atoms with Crippen LogP contribution < -0.4 is 0 Å². The molecule has 52 heavy (non-hydrogen) atoms. The Morgan fingerprint density at radius 1 is 0.462 bits per heavy atom. The van der Waals surface area contributed by atoms with Crippen molar-refractivity contribution in [1.29, 1.82) is 0 Å². The lowest BCUT2D eigenvalue weighted by molar-refractivity contribution is -0.120. The van der Waals surface area contributed by atoms with Crippen LogP contribution in [0.5, 0.6) is 0 Å². The molecule has 300 valence electrons. The zero-order valence-corrected chi connectivity index (χ0v) is 35.5. The second-order valence-corrected chi connectivity index (χ2v) is 21.2. The van der Waals surface area contributed by atoms with Crippen LogP contribution in [0.15, 0.2) is 0 Å². The van der Waals surface area contributed by atoms with Crippen LogP contribution >= 0.6 is 0 Å². The van der Waals surface area contributed by atoms with Gasteiger partial charge in [0.1, 0.15) is 5.78 Å². The maximum absolute atomic E-state index is 12.9. The average molecular weight is 720 g/mol. The van der Waals surface area contributed by atoms with Gasteiger partial charge in [-0.1, -0.05) is 129 Å². The molecule has 0 aromatic rings. The molecule has 6 aliphatic rings. The van der Waals surface area contributed by atoms with Crippen LogP contribution in [0.4, 0.5) is 0 Å². The maximum Gasteiger partial charge on any atom is 0.133 e. The monoisotopic (exact) mass is 720 g/mol. The smallest absolute Gasteiger partial charge is 0.133 e. The van der Waals surface area contributed by atoms with E-state index in [2.05, 4.69) is 32.8 Å². The van der Waals surface area contributed by atoms with Gasteiger partial charge < -0.3 is 4.90 Å². The van der Waals surface area contributed by atoms with Crippen molar-refractivity contribution in [3.05, 3.63) is 0 Å². The highest BCUT2D eigenvalue weighted by molar-refractivity contribution is 5.78. The lowest BCUT2D eigenvalue weighted by Crippen LogP contribution is -2.15. The predicted molar refractivity (Wildman–Crippen MR) is 223 cm³/mol. The van der Waals surface area contributed by atoms with Gasteiger partial charge in [-0.3, -0.25) is 4.79 Å².